The number of aliphatic hydroxyl groups is 1. The molecule has 0 aliphatic heterocycles. The first kappa shape index (κ1) is 13.4. The van der Waals surface area contributed by atoms with Crippen LogP contribution in [0.5, 0.6) is 0 Å². The maximum atomic E-state index is 12.4. The Morgan fingerprint density at radius 2 is 1.61 bits per heavy atom. The molecule has 0 spiro atoms. The van der Waals surface area contributed by atoms with E-state index in [2.05, 4.69) is 0 Å². The van der Waals surface area contributed by atoms with E-state index in [0.29, 0.717) is 6.42 Å². The van der Waals surface area contributed by atoms with Gasteiger partial charge in [0.1, 0.15) is 0 Å². The number of hydrogen-bond acceptors (Lipinski definition) is 1. The van der Waals surface area contributed by atoms with Crippen molar-refractivity contribution in [1.82, 2.24) is 0 Å². The Morgan fingerprint density at radius 1 is 1.00 bits per heavy atom. The normalized spacial score (nSPS) is 25.8. The van der Waals surface area contributed by atoms with Crippen LogP contribution in [0.25, 0.3) is 0 Å². The smallest absolute Gasteiger partial charge is 0.393 e. The Hall–Kier alpha value is -1.03. The lowest BCUT2D eigenvalue weighted by Crippen LogP contribution is -2.10. The van der Waals surface area contributed by atoms with Crippen molar-refractivity contribution < 1.29 is 18.3 Å². The van der Waals surface area contributed by atoms with Crippen LogP contribution in [0.4, 0.5) is 13.2 Å². The first-order valence-corrected chi connectivity index (χ1v) is 6.32. The van der Waals surface area contributed by atoms with Gasteiger partial charge in [0.05, 0.1) is 11.7 Å². The molecule has 1 nitrogen and oxygen atoms in total. The summed E-state index contributed by atoms with van der Waals surface area (Å²) in [6, 6.07) is 5.36. The first-order chi connectivity index (χ1) is 8.47. The Balaban J connectivity index is 2.13. The zero-order chi connectivity index (χ0) is 13.2. The molecule has 1 aromatic carbocycles. The lowest BCUT2D eigenvalue weighted by atomic mass is 9.90. The van der Waals surface area contributed by atoms with Crippen LogP contribution < -0.4 is 0 Å². The lowest BCUT2D eigenvalue weighted by molar-refractivity contribution is -0.137. The number of rotatable bonds is 1. The molecule has 2 atom stereocenters. The lowest BCUT2D eigenvalue weighted by Gasteiger charge is -2.17. The molecule has 1 saturated carbocycles. The van der Waals surface area contributed by atoms with Crippen LogP contribution in [0.3, 0.4) is 0 Å². The second-order valence-electron chi connectivity index (χ2n) is 4.99. The Labute approximate surface area is 105 Å². The minimum absolute atomic E-state index is 0.185. The largest absolute Gasteiger partial charge is 0.416 e. The fourth-order valence-electron chi connectivity index (χ4n) is 2.58. The number of alkyl halides is 3. The van der Waals surface area contributed by atoms with Gasteiger partial charge in [-0.25, -0.2) is 0 Å². The van der Waals surface area contributed by atoms with Crippen LogP contribution >= 0.6 is 0 Å². The number of hydrogen-bond donors (Lipinski definition) is 1. The zero-order valence-corrected chi connectivity index (χ0v) is 10.1. The van der Waals surface area contributed by atoms with Gasteiger partial charge in [-0.05, 0) is 42.9 Å². The highest BCUT2D eigenvalue weighted by Gasteiger charge is 2.30. The van der Waals surface area contributed by atoms with Gasteiger partial charge in [0, 0.05) is 0 Å². The second-order valence-corrected chi connectivity index (χ2v) is 4.99. The highest BCUT2D eigenvalue weighted by Crippen LogP contribution is 2.34. The standard InChI is InChI=1S/C14H17F3O/c15-14(16,17)12-7-5-10(6-8-12)11-3-1-2-4-13(18)9-11/h5-8,11,13,18H,1-4,9H2. The summed E-state index contributed by atoms with van der Waals surface area (Å²) in [5, 5.41) is 9.72. The summed E-state index contributed by atoms with van der Waals surface area (Å²) in [6.07, 6.45) is -0.159. The fourth-order valence-corrected chi connectivity index (χ4v) is 2.58. The van der Waals surface area contributed by atoms with Gasteiger partial charge in [0.2, 0.25) is 0 Å². The highest BCUT2D eigenvalue weighted by atomic mass is 19.4. The monoisotopic (exact) mass is 258 g/mol. The zero-order valence-electron chi connectivity index (χ0n) is 10.1. The van der Waals surface area contributed by atoms with Crippen molar-refractivity contribution in [2.75, 3.05) is 0 Å². The van der Waals surface area contributed by atoms with E-state index in [1.807, 2.05) is 0 Å². The molecule has 0 radical (unpaired) electrons. The van der Waals surface area contributed by atoms with Crippen molar-refractivity contribution in [3.05, 3.63) is 35.4 Å². The minimum Gasteiger partial charge on any atom is -0.393 e. The quantitative estimate of drug-likeness (QED) is 0.751. The predicted molar refractivity (Wildman–Crippen MR) is 63.3 cm³/mol. The second kappa shape index (κ2) is 5.31. The van der Waals surface area contributed by atoms with Gasteiger partial charge >= 0.3 is 6.18 Å². The minimum atomic E-state index is -4.28. The molecule has 18 heavy (non-hydrogen) atoms. The summed E-state index contributed by atoms with van der Waals surface area (Å²) >= 11 is 0. The van der Waals surface area contributed by atoms with E-state index in [9.17, 15) is 18.3 Å². The predicted octanol–water partition coefficient (Wildman–Crippen LogP) is 4.11. The summed E-state index contributed by atoms with van der Waals surface area (Å²) in [7, 11) is 0. The summed E-state index contributed by atoms with van der Waals surface area (Å²) < 4.78 is 37.3. The summed E-state index contributed by atoms with van der Waals surface area (Å²) in [6.45, 7) is 0. The van der Waals surface area contributed by atoms with Gasteiger partial charge in [-0.3, -0.25) is 0 Å². The average Bonchev–Trinajstić information content (AvgIpc) is 2.53. The van der Waals surface area contributed by atoms with Gasteiger partial charge in [-0.2, -0.15) is 13.2 Å². The van der Waals surface area contributed by atoms with E-state index in [4.69, 9.17) is 0 Å². The van der Waals surface area contributed by atoms with Crippen LogP contribution in [0, 0.1) is 0 Å². The van der Waals surface area contributed by atoms with Gasteiger partial charge in [-0.15, -0.1) is 0 Å². The van der Waals surface area contributed by atoms with E-state index < -0.39 is 11.7 Å². The Bertz CT molecular complexity index is 383. The molecular formula is C14H17F3O. The van der Waals surface area contributed by atoms with Crippen molar-refractivity contribution in [3.63, 3.8) is 0 Å². The molecule has 2 rings (SSSR count). The van der Waals surface area contributed by atoms with Crippen molar-refractivity contribution in [2.24, 2.45) is 0 Å². The third kappa shape index (κ3) is 3.25. The van der Waals surface area contributed by atoms with Crippen LogP contribution in [0.2, 0.25) is 0 Å². The molecule has 0 saturated heterocycles. The summed E-state index contributed by atoms with van der Waals surface area (Å²) in [5.41, 5.74) is 0.296. The molecule has 1 aliphatic carbocycles. The Kier molecular flexibility index (Phi) is 3.95. The fraction of sp³-hybridized carbons (Fsp3) is 0.571. The highest BCUT2D eigenvalue weighted by molar-refractivity contribution is 5.27. The topological polar surface area (TPSA) is 20.2 Å². The molecule has 4 heteroatoms. The molecule has 0 amide bonds. The van der Waals surface area contributed by atoms with Gasteiger partial charge < -0.3 is 5.11 Å². The van der Waals surface area contributed by atoms with E-state index in [-0.39, 0.29) is 12.0 Å². The molecule has 0 aromatic heterocycles. The van der Waals surface area contributed by atoms with E-state index in [1.54, 1.807) is 12.1 Å². The maximum Gasteiger partial charge on any atom is 0.416 e. The number of halogens is 3. The molecule has 1 aliphatic rings. The van der Waals surface area contributed by atoms with Crippen LogP contribution in [0.1, 0.15) is 49.1 Å². The Morgan fingerprint density at radius 3 is 2.22 bits per heavy atom. The van der Waals surface area contributed by atoms with Gasteiger partial charge in [0.15, 0.2) is 0 Å². The molecule has 1 aromatic rings. The van der Waals surface area contributed by atoms with Gasteiger partial charge in [0.25, 0.3) is 0 Å². The average molecular weight is 258 g/mol. The molecule has 100 valence electrons. The van der Waals surface area contributed by atoms with Crippen LogP contribution in [-0.2, 0) is 6.18 Å². The molecule has 2 unspecified atom stereocenters. The maximum absolute atomic E-state index is 12.4. The third-order valence-corrected chi connectivity index (χ3v) is 3.61. The number of aliphatic hydroxyl groups excluding tert-OH is 1. The van der Waals surface area contributed by atoms with Crippen LogP contribution in [-0.4, -0.2) is 11.2 Å². The molecular weight excluding hydrogens is 241 g/mol. The summed E-state index contributed by atoms with van der Waals surface area (Å²) in [4.78, 5) is 0. The first-order valence-electron chi connectivity index (χ1n) is 6.32. The van der Waals surface area contributed by atoms with Crippen molar-refractivity contribution in [3.8, 4) is 0 Å². The molecule has 1 N–H and O–H groups in total. The van der Waals surface area contributed by atoms with E-state index in [0.717, 1.165) is 43.4 Å². The SMILES string of the molecule is OC1CCCCC(c2ccc(C(F)(F)F)cc2)C1. The molecule has 0 bridgehead atoms. The van der Waals surface area contributed by atoms with E-state index >= 15 is 0 Å². The van der Waals surface area contributed by atoms with Crippen molar-refractivity contribution >= 4 is 0 Å². The van der Waals surface area contributed by atoms with Crippen molar-refractivity contribution in [2.45, 2.75) is 50.3 Å². The molecule has 1 fully saturated rings. The van der Waals surface area contributed by atoms with Crippen LogP contribution in [0.15, 0.2) is 24.3 Å². The van der Waals surface area contributed by atoms with Crippen molar-refractivity contribution in [1.29, 1.82) is 0 Å². The third-order valence-electron chi connectivity index (χ3n) is 3.61. The molecule has 0 heterocycles. The summed E-state index contributed by atoms with van der Waals surface area (Å²) in [5.74, 6) is 0.185. The van der Waals surface area contributed by atoms with E-state index in [1.165, 1.54) is 0 Å². The van der Waals surface area contributed by atoms with Gasteiger partial charge in [-0.1, -0.05) is 25.0 Å². The number of benzene rings is 1.